The van der Waals surface area contributed by atoms with Gasteiger partial charge in [-0.25, -0.2) is 0 Å². The number of benzene rings is 1. The first kappa shape index (κ1) is 20.4. The van der Waals surface area contributed by atoms with E-state index in [-0.39, 0.29) is 23.5 Å². The summed E-state index contributed by atoms with van der Waals surface area (Å²) in [5.41, 5.74) is 2.36. The molecule has 0 aromatic heterocycles. The maximum Gasteiger partial charge on any atom is 0.229 e. The van der Waals surface area contributed by atoms with Crippen LogP contribution in [0, 0.1) is 0 Å². The van der Waals surface area contributed by atoms with E-state index in [1.165, 1.54) is 12.5 Å². The summed E-state index contributed by atoms with van der Waals surface area (Å²) in [4.78, 5) is 22.7. The molecule has 0 bridgehead atoms. The Balaban J connectivity index is 2.80. The Kier molecular flexibility index (Phi) is 7.67. The minimum Gasteiger partial charge on any atom is -0.547 e. The van der Waals surface area contributed by atoms with E-state index in [0.29, 0.717) is 13.0 Å². The second-order valence-electron chi connectivity index (χ2n) is 7.51. The number of para-hydroxylation sites is 1. The molecular weight excluding hydrogens is 318 g/mol. The molecule has 0 aliphatic rings. The lowest BCUT2D eigenvalue weighted by molar-refractivity contribution is -0.124. The van der Waals surface area contributed by atoms with Gasteiger partial charge in [0, 0.05) is 19.4 Å². The van der Waals surface area contributed by atoms with Gasteiger partial charge in [-0.15, -0.1) is 0 Å². The van der Waals surface area contributed by atoms with Crippen molar-refractivity contribution in [1.29, 1.82) is 0 Å². The van der Waals surface area contributed by atoms with Crippen molar-refractivity contribution in [2.45, 2.75) is 65.5 Å². The lowest BCUT2D eigenvalue weighted by Crippen LogP contribution is -2.26. The van der Waals surface area contributed by atoms with Crippen molar-refractivity contribution < 1.29 is 14.0 Å². The molecule has 134 valence electrons. The van der Waals surface area contributed by atoms with Gasteiger partial charge in [-0.05, 0) is 43.0 Å². The smallest absolute Gasteiger partial charge is 0.229 e. The van der Waals surface area contributed by atoms with Crippen LogP contribution < -0.4 is 9.74 Å². The highest BCUT2D eigenvalue weighted by Gasteiger charge is 2.21. The van der Waals surface area contributed by atoms with Crippen molar-refractivity contribution in [3.8, 4) is 5.75 Å². The predicted molar refractivity (Wildman–Crippen MR) is 101 cm³/mol. The number of hydrogen-bond donors (Lipinski definition) is 1. The summed E-state index contributed by atoms with van der Waals surface area (Å²) in [6.07, 6.45) is 1.30. The van der Waals surface area contributed by atoms with Crippen LogP contribution >= 0.6 is 0 Å². The third-order valence-corrected chi connectivity index (χ3v) is 4.39. The summed E-state index contributed by atoms with van der Waals surface area (Å²) in [5, 5.41) is 2.89. The Bertz CT molecular complexity index is 576. The highest BCUT2D eigenvalue weighted by molar-refractivity contribution is 6.49. The van der Waals surface area contributed by atoms with Gasteiger partial charge >= 0.3 is 0 Å². The molecule has 0 saturated carbocycles. The van der Waals surface area contributed by atoms with Gasteiger partial charge in [0.25, 0.3) is 0 Å². The third-order valence-electron chi connectivity index (χ3n) is 3.68. The molecule has 5 heteroatoms. The Morgan fingerprint density at radius 2 is 1.83 bits per heavy atom. The van der Waals surface area contributed by atoms with E-state index < -0.39 is 9.04 Å². The van der Waals surface area contributed by atoms with Gasteiger partial charge < -0.3 is 14.5 Å². The number of carbonyl (C=O) groups excluding carboxylic acids is 2. The molecule has 1 aromatic rings. The summed E-state index contributed by atoms with van der Waals surface area (Å²) >= 11 is 0. The van der Waals surface area contributed by atoms with Crippen LogP contribution in [-0.2, 0) is 21.4 Å². The Morgan fingerprint density at radius 1 is 1.17 bits per heavy atom. The second kappa shape index (κ2) is 9.02. The lowest BCUT2D eigenvalue weighted by atomic mass is 9.85. The molecular formula is C19H31NO3Si. The Labute approximate surface area is 147 Å². The molecule has 0 spiro atoms. The zero-order chi connectivity index (χ0) is 18.3. The van der Waals surface area contributed by atoms with Gasteiger partial charge in [0.2, 0.25) is 14.9 Å². The van der Waals surface area contributed by atoms with Crippen molar-refractivity contribution >= 4 is 20.7 Å². The summed E-state index contributed by atoms with van der Waals surface area (Å²) in [7, 11) is -1.23. The van der Waals surface area contributed by atoms with Crippen molar-refractivity contribution in [2.24, 2.45) is 0 Å². The van der Waals surface area contributed by atoms with Crippen LogP contribution in [0.2, 0.25) is 13.1 Å². The van der Waals surface area contributed by atoms with E-state index in [9.17, 15) is 9.59 Å². The summed E-state index contributed by atoms with van der Waals surface area (Å²) < 4.78 is 6.22. The summed E-state index contributed by atoms with van der Waals surface area (Å²) in [5.74, 6) is 0.961. The zero-order valence-electron chi connectivity index (χ0n) is 15.9. The standard InChI is InChI=1S/C19H31NO3Si/c1-14(21)10-11-17(22)20-13-12-15-8-7-9-16(19(2,3)4)18(15)23-24(5)6/h7-9,24H,10-13H2,1-6H3,(H,20,22). The Morgan fingerprint density at radius 3 is 2.38 bits per heavy atom. The fourth-order valence-electron chi connectivity index (χ4n) is 2.46. The highest BCUT2D eigenvalue weighted by atomic mass is 28.3. The zero-order valence-corrected chi connectivity index (χ0v) is 17.0. The van der Waals surface area contributed by atoms with E-state index in [0.717, 1.165) is 17.7 Å². The average molecular weight is 350 g/mol. The highest BCUT2D eigenvalue weighted by Crippen LogP contribution is 2.34. The summed E-state index contributed by atoms with van der Waals surface area (Å²) in [6.45, 7) is 12.9. The van der Waals surface area contributed by atoms with Crippen molar-refractivity contribution in [2.75, 3.05) is 6.54 Å². The van der Waals surface area contributed by atoms with Gasteiger partial charge in [0.1, 0.15) is 11.5 Å². The van der Waals surface area contributed by atoms with Crippen LogP contribution in [0.1, 0.15) is 51.7 Å². The number of Topliss-reactive ketones (excluding diaryl/α,β-unsaturated/α-hetero) is 1. The lowest BCUT2D eigenvalue weighted by Gasteiger charge is -2.26. The fraction of sp³-hybridized carbons (Fsp3) is 0.579. The van der Waals surface area contributed by atoms with Crippen LogP contribution in [0.5, 0.6) is 5.75 Å². The second-order valence-corrected chi connectivity index (χ2v) is 9.85. The molecule has 0 radical (unpaired) electrons. The monoisotopic (exact) mass is 349 g/mol. The minimum absolute atomic E-state index is 0.0133. The number of amides is 1. The fourth-order valence-corrected chi connectivity index (χ4v) is 3.21. The molecule has 0 unspecified atom stereocenters. The number of nitrogens with one attached hydrogen (secondary N) is 1. The maximum absolute atomic E-state index is 11.7. The molecule has 1 amide bonds. The topological polar surface area (TPSA) is 55.4 Å². The first-order valence-corrected chi connectivity index (χ1v) is 11.4. The third kappa shape index (κ3) is 6.87. The first-order chi connectivity index (χ1) is 11.1. The van der Waals surface area contributed by atoms with Crippen LogP contribution in [0.15, 0.2) is 18.2 Å². The number of carbonyl (C=O) groups is 2. The number of ketones is 1. The van der Waals surface area contributed by atoms with Crippen LogP contribution in [0.25, 0.3) is 0 Å². The predicted octanol–water partition coefficient (Wildman–Crippen LogP) is 3.37. The number of hydrogen-bond acceptors (Lipinski definition) is 3. The molecule has 4 nitrogen and oxygen atoms in total. The molecule has 24 heavy (non-hydrogen) atoms. The first-order valence-electron chi connectivity index (χ1n) is 8.66. The van der Waals surface area contributed by atoms with Crippen LogP contribution in [0.4, 0.5) is 0 Å². The molecule has 1 rings (SSSR count). The van der Waals surface area contributed by atoms with Crippen molar-refractivity contribution in [1.82, 2.24) is 5.32 Å². The van der Waals surface area contributed by atoms with Gasteiger partial charge in [0.05, 0.1) is 0 Å². The normalized spacial score (nSPS) is 11.5. The van der Waals surface area contributed by atoms with E-state index in [1.54, 1.807) is 0 Å². The van der Waals surface area contributed by atoms with E-state index in [2.05, 4.69) is 57.4 Å². The molecule has 0 atom stereocenters. The molecule has 1 N–H and O–H groups in total. The SMILES string of the molecule is CC(=O)CCC(=O)NCCc1cccc(C(C)(C)C)c1O[SiH](C)C. The van der Waals surface area contributed by atoms with E-state index in [1.807, 2.05) is 0 Å². The summed E-state index contributed by atoms with van der Waals surface area (Å²) in [6, 6.07) is 6.26. The molecule has 0 heterocycles. The largest absolute Gasteiger partial charge is 0.547 e. The van der Waals surface area contributed by atoms with Crippen LogP contribution in [0.3, 0.4) is 0 Å². The maximum atomic E-state index is 11.7. The molecule has 0 aliphatic carbocycles. The Hall–Kier alpha value is -1.62. The molecule has 0 aliphatic heterocycles. The molecule has 0 fully saturated rings. The van der Waals surface area contributed by atoms with Crippen molar-refractivity contribution in [3.63, 3.8) is 0 Å². The van der Waals surface area contributed by atoms with Crippen molar-refractivity contribution in [3.05, 3.63) is 29.3 Å². The van der Waals surface area contributed by atoms with Gasteiger partial charge in [0.15, 0.2) is 0 Å². The molecule has 0 saturated heterocycles. The van der Waals surface area contributed by atoms with E-state index >= 15 is 0 Å². The average Bonchev–Trinajstić information content (AvgIpc) is 2.44. The van der Waals surface area contributed by atoms with Crippen LogP contribution in [-0.4, -0.2) is 27.3 Å². The number of rotatable bonds is 8. The van der Waals surface area contributed by atoms with Gasteiger partial charge in [-0.3, -0.25) is 4.79 Å². The molecule has 1 aromatic carbocycles. The minimum atomic E-state index is -1.23. The van der Waals surface area contributed by atoms with E-state index in [4.69, 9.17) is 4.43 Å². The van der Waals surface area contributed by atoms with Gasteiger partial charge in [-0.1, -0.05) is 39.0 Å². The quantitative estimate of drug-likeness (QED) is 0.732. The van der Waals surface area contributed by atoms with Gasteiger partial charge in [-0.2, -0.15) is 0 Å².